The minimum absolute atomic E-state index is 0.117. The largest absolute Gasteiger partial charge is 0.352 e. The van der Waals surface area contributed by atoms with Gasteiger partial charge in [0.25, 0.3) is 10.0 Å². The average molecular weight is 341 g/mol. The van der Waals surface area contributed by atoms with Crippen molar-refractivity contribution in [1.29, 1.82) is 0 Å². The zero-order valence-electron chi connectivity index (χ0n) is 13.7. The number of nitrogens with one attached hydrogen (secondary N) is 1. The highest BCUT2D eigenvalue weighted by Gasteiger charge is 2.28. The minimum atomic E-state index is -3.93. The fourth-order valence-corrected chi connectivity index (χ4v) is 3.79. The van der Waals surface area contributed by atoms with Gasteiger partial charge in [-0.25, -0.2) is 13.1 Å². The zero-order valence-corrected chi connectivity index (χ0v) is 14.5. The van der Waals surface area contributed by atoms with E-state index >= 15 is 0 Å². The van der Waals surface area contributed by atoms with Crippen LogP contribution in [0.4, 0.5) is 0 Å². The van der Waals surface area contributed by atoms with E-state index in [9.17, 15) is 13.2 Å². The van der Waals surface area contributed by atoms with E-state index in [2.05, 4.69) is 4.72 Å². The van der Waals surface area contributed by atoms with Crippen LogP contribution in [0, 0.1) is 0 Å². The summed E-state index contributed by atoms with van der Waals surface area (Å²) in [7, 11) is -3.93. The molecule has 23 heavy (non-hydrogen) atoms. The van der Waals surface area contributed by atoms with Crippen molar-refractivity contribution in [3.8, 4) is 0 Å². The van der Waals surface area contributed by atoms with Crippen LogP contribution >= 0.6 is 0 Å². The highest BCUT2D eigenvalue weighted by Crippen LogP contribution is 2.28. The van der Waals surface area contributed by atoms with Crippen molar-refractivity contribution < 1.29 is 22.7 Å². The summed E-state index contributed by atoms with van der Waals surface area (Å²) in [5.41, 5.74) is 0.301. The second-order valence-corrected chi connectivity index (χ2v) is 8.15. The molecule has 0 spiro atoms. The summed E-state index contributed by atoms with van der Waals surface area (Å²) in [4.78, 5) is 12.1. The quantitative estimate of drug-likeness (QED) is 0.905. The Hall–Kier alpha value is -1.44. The highest BCUT2D eigenvalue weighted by atomic mass is 32.2. The molecule has 1 N–H and O–H groups in total. The number of benzene rings is 1. The smallest absolute Gasteiger partial charge is 0.264 e. The van der Waals surface area contributed by atoms with Crippen LogP contribution in [0.5, 0.6) is 0 Å². The van der Waals surface area contributed by atoms with Gasteiger partial charge in [0, 0.05) is 0 Å². The van der Waals surface area contributed by atoms with E-state index in [0.717, 1.165) is 6.42 Å². The van der Waals surface area contributed by atoms with Crippen LogP contribution in [0.3, 0.4) is 0 Å². The van der Waals surface area contributed by atoms with Gasteiger partial charge in [0.15, 0.2) is 6.29 Å². The summed E-state index contributed by atoms with van der Waals surface area (Å²) in [6.07, 6.45) is -0.0523. The van der Waals surface area contributed by atoms with Gasteiger partial charge in [-0.15, -0.1) is 0 Å². The fraction of sp³-hybridized carbons (Fsp3) is 0.562. The molecule has 1 fully saturated rings. The molecule has 2 rings (SSSR count). The molecule has 0 aromatic heterocycles. The molecular weight excluding hydrogens is 318 g/mol. The summed E-state index contributed by atoms with van der Waals surface area (Å²) in [5, 5.41) is 0. The van der Waals surface area contributed by atoms with Gasteiger partial charge in [-0.1, -0.05) is 39.0 Å². The Morgan fingerprint density at radius 3 is 2.43 bits per heavy atom. The molecule has 128 valence electrons. The Morgan fingerprint density at radius 2 is 1.83 bits per heavy atom. The summed E-state index contributed by atoms with van der Waals surface area (Å²) >= 11 is 0. The summed E-state index contributed by atoms with van der Waals surface area (Å²) in [5.74, 6) is -0.638. The normalized spacial score (nSPS) is 17.0. The third-order valence-electron chi connectivity index (χ3n) is 3.48. The molecule has 0 radical (unpaired) electrons. The van der Waals surface area contributed by atoms with Crippen molar-refractivity contribution in [2.75, 3.05) is 13.2 Å². The molecule has 0 unspecified atom stereocenters. The Bertz CT molecular complexity index is 657. The third-order valence-corrected chi connectivity index (χ3v) is 4.91. The van der Waals surface area contributed by atoms with E-state index < -0.39 is 22.2 Å². The number of ether oxygens (including phenoxy) is 2. The average Bonchev–Trinajstić information content (AvgIpc) is 2.46. The third kappa shape index (κ3) is 4.76. The first-order chi connectivity index (χ1) is 10.7. The van der Waals surface area contributed by atoms with Crippen LogP contribution in [-0.2, 0) is 29.7 Å². The topological polar surface area (TPSA) is 81.7 Å². The molecule has 1 aromatic carbocycles. The Morgan fingerprint density at radius 1 is 1.22 bits per heavy atom. The van der Waals surface area contributed by atoms with E-state index in [0.29, 0.717) is 18.8 Å². The van der Waals surface area contributed by atoms with Crippen LogP contribution in [0.2, 0.25) is 0 Å². The predicted molar refractivity (Wildman–Crippen MR) is 85.4 cm³/mol. The molecular formula is C16H23NO5S. The second-order valence-electron chi connectivity index (χ2n) is 6.50. The first kappa shape index (κ1) is 17.9. The SMILES string of the molecule is CC(C)(C)c1ccccc1S(=O)(=O)NC(=O)CC1OCCCO1. The van der Waals surface area contributed by atoms with Crippen LogP contribution in [0.15, 0.2) is 29.2 Å². The second kappa shape index (κ2) is 6.98. The number of carbonyl (C=O) groups excluding carboxylic acids is 1. The molecule has 1 heterocycles. The lowest BCUT2D eigenvalue weighted by Crippen LogP contribution is -2.36. The lowest BCUT2D eigenvalue weighted by atomic mass is 9.87. The van der Waals surface area contributed by atoms with Gasteiger partial charge in [-0.05, 0) is 23.5 Å². The van der Waals surface area contributed by atoms with Crippen LogP contribution < -0.4 is 4.72 Å². The molecule has 1 saturated heterocycles. The molecule has 0 bridgehead atoms. The van der Waals surface area contributed by atoms with Gasteiger partial charge >= 0.3 is 0 Å². The Balaban J connectivity index is 2.14. The number of sulfonamides is 1. The molecule has 0 atom stereocenters. The number of rotatable bonds is 4. The Labute approximate surface area is 137 Å². The van der Waals surface area contributed by atoms with Crippen LogP contribution in [-0.4, -0.2) is 33.8 Å². The van der Waals surface area contributed by atoms with Gasteiger partial charge in [0.1, 0.15) is 0 Å². The number of amides is 1. The maximum Gasteiger partial charge on any atom is 0.264 e. The van der Waals surface area contributed by atoms with Crippen molar-refractivity contribution in [2.24, 2.45) is 0 Å². The van der Waals surface area contributed by atoms with E-state index in [1.807, 2.05) is 20.8 Å². The maximum atomic E-state index is 12.5. The first-order valence-electron chi connectivity index (χ1n) is 7.58. The molecule has 0 saturated carbocycles. The van der Waals surface area contributed by atoms with E-state index in [4.69, 9.17) is 9.47 Å². The lowest BCUT2D eigenvalue weighted by Gasteiger charge is -2.24. The van der Waals surface area contributed by atoms with Crippen molar-refractivity contribution >= 4 is 15.9 Å². The standard InChI is InChI=1S/C16H23NO5S/c1-16(2,3)12-7-4-5-8-13(12)23(19,20)17-14(18)11-15-21-9-6-10-22-15/h4-5,7-8,15H,6,9-11H2,1-3H3,(H,17,18). The molecule has 1 aliphatic rings. The van der Waals surface area contributed by atoms with Gasteiger partial charge in [-0.3, -0.25) is 4.79 Å². The summed E-state index contributed by atoms with van der Waals surface area (Å²) in [6.45, 7) is 6.79. The molecule has 1 amide bonds. The van der Waals surface area contributed by atoms with Crippen LogP contribution in [0.1, 0.15) is 39.2 Å². The monoisotopic (exact) mass is 341 g/mol. The van der Waals surface area contributed by atoms with Crippen molar-refractivity contribution in [3.63, 3.8) is 0 Å². The first-order valence-corrected chi connectivity index (χ1v) is 9.07. The molecule has 0 aliphatic carbocycles. The fourth-order valence-electron chi connectivity index (χ4n) is 2.37. The van der Waals surface area contributed by atoms with E-state index in [1.54, 1.807) is 18.2 Å². The number of carbonyl (C=O) groups is 1. The molecule has 1 aromatic rings. The predicted octanol–water partition coefficient (Wildman–Crippen LogP) is 1.94. The lowest BCUT2D eigenvalue weighted by molar-refractivity contribution is -0.183. The van der Waals surface area contributed by atoms with Crippen molar-refractivity contribution in [2.45, 2.75) is 50.2 Å². The number of hydrogen-bond acceptors (Lipinski definition) is 5. The zero-order chi connectivity index (χ0) is 17.1. The van der Waals surface area contributed by atoms with Gasteiger partial charge in [0.05, 0.1) is 24.5 Å². The van der Waals surface area contributed by atoms with Crippen molar-refractivity contribution in [3.05, 3.63) is 29.8 Å². The van der Waals surface area contributed by atoms with Gasteiger partial charge in [0.2, 0.25) is 5.91 Å². The van der Waals surface area contributed by atoms with Crippen LogP contribution in [0.25, 0.3) is 0 Å². The van der Waals surface area contributed by atoms with E-state index in [-0.39, 0.29) is 16.7 Å². The van der Waals surface area contributed by atoms with Gasteiger partial charge in [-0.2, -0.15) is 0 Å². The Kier molecular flexibility index (Phi) is 5.44. The summed E-state index contributed by atoms with van der Waals surface area (Å²) < 4.78 is 37.7. The van der Waals surface area contributed by atoms with Gasteiger partial charge < -0.3 is 9.47 Å². The number of hydrogen-bond donors (Lipinski definition) is 1. The molecule has 1 aliphatic heterocycles. The van der Waals surface area contributed by atoms with E-state index in [1.165, 1.54) is 6.07 Å². The van der Waals surface area contributed by atoms with Crippen molar-refractivity contribution in [1.82, 2.24) is 4.72 Å². The minimum Gasteiger partial charge on any atom is -0.352 e. The highest BCUT2D eigenvalue weighted by molar-refractivity contribution is 7.90. The molecule has 7 heteroatoms. The summed E-state index contributed by atoms with van der Waals surface area (Å²) in [6, 6.07) is 6.68. The molecule has 6 nitrogen and oxygen atoms in total. The maximum absolute atomic E-state index is 12.5.